The Hall–Kier alpha value is -3.55. The minimum atomic E-state index is -0.564. The number of benzene rings is 1. The smallest absolute Gasteiger partial charge is 0.259 e. The molecular formula is C22H21FN4O3. The molecule has 0 bridgehead atoms. The Morgan fingerprint density at radius 2 is 1.63 bits per heavy atom. The summed E-state index contributed by atoms with van der Waals surface area (Å²) in [5, 5.41) is 0.359. The molecule has 7 nitrogen and oxygen atoms in total. The predicted octanol–water partition coefficient (Wildman–Crippen LogP) is 2.36. The Labute approximate surface area is 172 Å². The van der Waals surface area contributed by atoms with Gasteiger partial charge in [-0.2, -0.15) is 0 Å². The molecule has 0 aliphatic carbocycles. The number of aromatic nitrogens is 2. The summed E-state index contributed by atoms with van der Waals surface area (Å²) in [5.74, 6) is -1.35. The number of fused-ring (bicyclic) bond motifs is 1. The van der Waals surface area contributed by atoms with Crippen molar-refractivity contribution in [3.05, 3.63) is 75.5 Å². The maximum atomic E-state index is 14.0. The number of rotatable bonds is 2. The Balaban J connectivity index is 1.53. The molecule has 0 saturated carbocycles. The van der Waals surface area contributed by atoms with E-state index in [1.807, 2.05) is 6.92 Å². The molecule has 2 amide bonds. The molecule has 1 saturated heterocycles. The van der Waals surface area contributed by atoms with Crippen molar-refractivity contribution in [1.29, 1.82) is 0 Å². The molecule has 1 fully saturated rings. The number of carbonyl (C=O) groups excluding carboxylic acids is 2. The van der Waals surface area contributed by atoms with Gasteiger partial charge in [0.1, 0.15) is 17.0 Å². The number of hydrogen-bond acceptors (Lipinski definition) is 4. The normalized spacial score (nSPS) is 14.6. The zero-order chi connectivity index (χ0) is 21.3. The SMILES string of the molecule is Cc1ccc2c(=O)c(C(=O)N3CCCN(C(=O)c4ccccc4F)CC3)c[nH]c2n1. The van der Waals surface area contributed by atoms with Crippen LogP contribution in [0.1, 0.15) is 32.8 Å². The molecule has 0 radical (unpaired) electrons. The number of nitrogens with one attached hydrogen (secondary N) is 1. The summed E-state index contributed by atoms with van der Waals surface area (Å²) in [6.07, 6.45) is 1.94. The molecule has 4 rings (SSSR count). The van der Waals surface area contributed by atoms with Crippen molar-refractivity contribution in [3.8, 4) is 0 Å². The van der Waals surface area contributed by atoms with E-state index in [-0.39, 0.29) is 35.6 Å². The number of carbonyl (C=O) groups is 2. The summed E-state index contributed by atoms with van der Waals surface area (Å²) in [7, 11) is 0. The Morgan fingerprint density at radius 3 is 2.33 bits per heavy atom. The van der Waals surface area contributed by atoms with E-state index in [1.165, 1.54) is 24.4 Å². The third-order valence-corrected chi connectivity index (χ3v) is 5.28. The van der Waals surface area contributed by atoms with Gasteiger partial charge in [0, 0.05) is 38.1 Å². The van der Waals surface area contributed by atoms with E-state index in [0.29, 0.717) is 30.5 Å². The summed E-state index contributed by atoms with van der Waals surface area (Å²) in [6.45, 7) is 3.17. The van der Waals surface area contributed by atoms with Crippen LogP contribution in [0.15, 0.2) is 47.4 Å². The van der Waals surface area contributed by atoms with Crippen LogP contribution in [0.5, 0.6) is 0 Å². The maximum Gasteiger partial charge on any atom is 0.259 e. The van der Waals surface area contributed by atoms with E-state index in [2.05, 4.69) is 9.97 Å². The molecule has 0 atom stereocenters. The first-order valence-electron chi connectivity index (χ1n) is 9.78. The number of nitrogens with zero attached hydrogens (tertiary/aromatic N) is 3. The molecule has 0 spiro atoms. The van der Waals surface area contributed by atoms with E-state index < -0.39 is 11.7 Å². The summed E-state index contributed by atoms with van der Waals surface area (Å²) in [6, 6.07) is 9.24. The summed E-state index contributed by atoms with van der Waals surface area (Å²) < 4.78 is 14.0. The van der Waals surface area contributed by atoms with Gasteiger partial charge >= 0.3 is 0 Å². The number of halogens is 1. The van der Waals surface area contributed by atoms with Crippen LogP contribution < -0.4 is 5.43 Å². The van der Waals surface area contributed by atoms with Gasteiger partial charge in [0.05, 0.1) is 10.9 Å². The number of hydrogen-bond donors (Lipinski definition) is 1. The largest absolute Gasteiger partial charge is 0.345 e. The minimum Gasteiger partial charge on any atom is -0.345 e. The van der Waals surface area contributed by atoms with Gasteiger partial charge in [0.25, 0.3) is 11.8 Å². The van der Waals surface area contributed by atoms with Crippen molar-refractivity contribution >= 4 is 22.8 Å². The number of pyridine rings is 2. The number of H-pyrrole nitrogens is 1. The van der Waals surface area contributed by atoms with Crippen molar-refractivity contribution < 1.29 is 14.0 Å². The monoisotopic (exact) mass is 408 g/mol. The molecule has 154 valence electrons. The molecule has 3 aromatic rings. The standard InChI is InChI=1S/C22H21FN4O3/c1-14-7-8-16-19(28)17(13-24-20(16)25-14)22(30)27-10-4-9-26(11-12-27)21(29)15-5-2-3-6-18(15)23/h2-3,5-8,13H,4,9-12H2,1H3,(H,24,25,28). The van der Waals surface area contributed by atoms with E-state index in [4.69, 9.17) is 0 Å². The molecule has 1 aromatic carbocycles. The molecule has 8 heteroatoms. The second-order valence-corrected chi connectivity index (χ2v) is 7.30. The van der Waals surface area contributed by atoms with Gasteiger partial charge in [-0.25, -0.2) is 9.37 Å². The minimum absolute atomic E-state index is 0.0195. The second kappa shape index (κ2) is 8.06. The van der Waals surface area contributed by atoms with Gasteiger partial charge in [-0.15, -0.1) is 0 Å². The topological polar surface area (TPSA) is 86.4 Å². The first-order chi connectivity index (χ1) is 14.5. The lowest BCUT2D eigenvalue weighted by Gasteiger charge is -2.22. The molecule has 1 N–H and O–H groups in total. The van der Waals surface area contributed by atoms with Crippen molar-refractivity contribution in [3.63, 3.8) is 0 Å². The van der Waals surface area contributed by atoms with Crippen molar-refractivity contribution in [2.75, 3.05) is 26.2 Å². The van der Waals surface area contributed by atoms with Gasteiger partial charge in [-0.1, -0.05) is 12.1 Å². The average Bonchev–Trinajstić information content (AvgIpc) is 3.00. The van der Waals surface area contributed by atoms with Crippen LogP contribution >= 0.6 is 0 Å². The Morgan fingerprint density at radius 1 is 0.967 bits per heavy atom. The predicted molar refractivity (Wildman–Crippen MR) is 110 cm³/mol. The Bertz CT molecular complexity index is 1190. The fourth-order valence-corrected chi connectivity index (χ4v) is 3.66. The maximum absolute atomic E-state index is 14.0. The van der Waals surface area contributed by atoms with Crippen LogP contribution in [-0.2, 0) is 0 Å². The van der Waals surface area contributed by atoms with Crippen molar-refractivity contribution in [1.82, 2.24) is 19.8 Å². The highest BCUT2D eigenvalue weighted by Gasteiger charge is 2.26. The van der Waals surface area contributed by atoms with E-state index >= 15 is 0 Å². The molecule has 1 aliphatic rings. The van der Waals surface area contributed by atoms with E-state index in [9.17, 15) is 18.8 Å². The van der Waals surface area contributed by atoms with Gasteiger partial charge in [-0.3, -0.25) is 14.4 Å². The number of aromatic amines is 1. The van der Waals surface area contributed by atoms with E-state index in [1.54, 1.807) is 28.0 Å². The summed E-state index contributed by atoms with van der Waals surface area (Å²) >= 11 is 0. The average molecular weight is 408 g/mol. The van der Waals surface area contributed by atoms with Gasteiger partial charge < -0.3 is 14.8 Å². The zero-order valence-electron chi connectivity index (χ0n) is 16.5. The fourth-order valence-electron chi connectivity index (χ4n) is 3.66. The number of amides is 2. The third kappa shape index (κ3) is 3.68. The first kappa shape index (κ1) is 19.8. The zero-order valence-corrected chi connectivity index (χ0v) is 16.5. The van der Waals surface area contributed by atoms with Crippen LogP contribution in [-0.4, -0.2) is 57.8 Å². The quantitative estimate of drug-likeness (QED) is 0.705. The highest BCUT2D eigenvalue weighted by molar-refractivity contribution is 5.97. The molecular weight excluding hydrogens is 387 g/mol. The Kier molecular flexibility index (Phi) is 5.31. The van der Waals surface area contributed by atoms with Crippen molar-refractivity contribution in [2.24, 2.45) is 0 Å². The third-order valence-electron chi connectivity index (χ3n) is 5.28. The second-order valence-electron chi connectivity index (χ2n) is 7.30. The van der Waals surface area contributed by atoms with Crippen LogP contribution in [0.25, 0.3) is 11.0 Å². The van der Waals surface area contributed by atoms with E-state index in [0.717, 1.165) is 5.69 Å². The first-order valence-corrected chi connectivity index (χ1v) is 9.78. The van der Waals surface area contributed by atoms with Crippen LogP contribution in [0.3, 0.4) is 0 Å². The molecule has 2 aromatic heterocycles. The van der Waals surface area contributed by atoms with Gasteiger partial charge in [0.2, 0.25) is 5.43 Å². The molecule has 30 heavy (non-hydrogen) atoms. The molecule has 0 unspecified atom stereocenters. The lowest BCUT2D eigenvalue weighted by Crippen LogP contribution is -2.39. The number of aryl methyl sites for hydroxylation is 1. The lowest BCUT2D eigenvalue weighted by molar-refractivity contribution is 0.0715. The summed E-state index contributed by atoms with van der Waals surface area (Å²) in [5.41, 5.74) is 0.899. The van der Waals surface area contributed by atoms with Gasteiger partial charge in [-0.05, 0) is 37.6 Å². The fraction of sp³-hybridized carbons (Fsp3) is 0.273. The summed E-state index contributed by atoms with van der Waals surface area (Å²) in [4.78, 5) is 48.8. The van der Waals surface area contributed by atoms with Crippen LogP contribution in [0.4, 0.5) is 4.39 Å². The molecule has 3 heterocycles. The van der Waals surface area contributed by atoms with Crippen LogP contribution in [0, 0.1) is 12.7 Å². The molecule has 1 aliphatic heterocycles. The highest BCUT2D eigenvalue weighted by Crippen LogP contribution is 2.14. The van der Waals surface area contributed by atoms with Crippen molar-refractivity contribution in [2.45, 2.75) is 13.3 Å². The van der Waals surface area contributed by atoms with Gasteiger partial charge in [0.15, 0.2) is 0 Å². The highest BCUT2D eigenvalue weighted by atomic mass is 19.1. The van der Waals surface area contributed by atoms with Crippen LogP contribution in [0.2, 0.25) is 0 Å². The lowest BCUT2D eigenvalue weighted by atomic mass is 10.1.